The molecule has 0 atom stereocenters. The molecule has 1 aliphatic heterocycles. The quantitative estimate of drug-likeness (QED) is 0.545. The van der Waals surface area contributed by atoms with Gasteiger partial charge in [-0.1, -0.05) is 11.8 Å². The fourth-order valence-electron chi connectivity index (χ4n) is 3.31. The Morgan fingerprint density at radius 3 is 2.43 bits per heavy atom. The van der Waals surface area contributed by atoms with Crippen molar-refractivity contribution in [3.8, 4) is 11.5 Å². The number of benzene rings is 1. The van der Waals surface area contributed by atoms with Crippen molar-refractivity contribution in [1.82, 2.24) is 14.9 Å². The number of carbonyl (C=O) groups excluding carboxylic acids is 1. The van der Waals surface area contributed by atoms with Gasteiger partial charge in [-0.3, -0.25) is 4.79 Å². The Bertz CT molecular complexity index is 796. The van der Waals surface area contributed by atoms with E-state index in [9.17, 15) is 4.79 Å². The van der Waals surface area contributed by atoms with Crippen molar-refractivity contribution in [2.45, 2.75) is 18.6 Å². The number of nitrogens with one attached hydrogen (secondary N) is 1. The van der Waals surface area contributed by atoms with Gasteiger partial charge in [0.2, 0.25) is 5.91 Å². The van der Waals surface area contributed by atoms with Crippen LogP contribution >= 0.6 is 11.8 Å². The molecule has 28 heavy (non-hydrogen) atoms. The summed E-state index contributed by atoms with van der Waals surface area (Å²) in [5.41, 5.74) is 2.45. The number of methoxy groups -OCH3 is 2. The van der Waals surface area contributed by atoms with Crippen molar-refractivity contribution >= 4 is 17.7 Å². The number of aryl methyl sites for hydroxylation is 1. The monoisotopic (exact) mass is 403 g/mol. The van der Waals surface area contributed by atoms with E-state index in [4.69, 9.17) is 9.47 Å². The molecule has 1 saturated heterocycles. The van der Waals surface area contributed by atoms with Crippen LogP contribution in [0.4, 0.5) is 0 Å². The average Bonchev–Trinajstić information content (AvgIpc) is 2.74. The molecule has 0 aliphatic carbocycles. The number of carbonyl (C=O) groups is 1. The summed E-state index contributed by atoms with van der Waals surface area (Å²) in [6, 6.07) is 5.86. The van der Waals surface area contributed by atoms with Crippen LogP contribution in [0.15, 0.2) is 35.7 Å². The third-order valence-corrected chi connectivity index (χ3v) is 5.83. The number of ether oxygens (including phenoxy) is 2. The van der Waals surface area contributed by atoms with Crippen LogP contribution in [0, 0.1) is 6.92 Å². The van der Waals surface area contributed by atoms with E-state index < -0.39 is 0 Å². The highest BCUT2D eigenvalue weighted by Crippen LogP contribution is 2.29. The van der Waals surface area contributed by atoms with Crippen LogP contribution < -0.4 is 14.4 Å². The van der Waals surface area contributed by atoms with Crippen LogP contribution in [-0.4, -0.2) is 66.9 Å². The first-order valence-corrected chi connectivity index (χ1v) is 10.3. The van der Waals surface area contributed by atoms with E-state index in [-0.39, 0.29) is 5.91 Å². The molecule has 1 amide bonds. The van der Waals surface area contributed by atoms with Gasteiger partial charge in [0, 0.05) is 18.0 Å². The normalized spacial score (nSPS) is 14.8. The number of thioether (sulfide) groups is 1. The summed E-state index contributed by atoms with van der Waals surface area (Å²) in [6.45, 7) is 6.44. The Labute approximate surface area is 170 Å². The number of hydrogen-bond acceptors (Lipinski definition) is 6. The van der Waals surface area contributed by atoms with Crippen LogP contribution in [-0.2, 0) is 11.3 Å². The summed E-state index contributed by atoms with van der Waals surface area (Å²) in [5, 5.41) is 0.643. The zero-order valence-corrected chi connectivity index (χ0v) is 17.4. The molecule has 0 unspecified atom stereocenters. The van der Waals surface area contributed by atoms with Gasteiger partial charge in [0.25, 0.3) is 0 Å². The Kier molecular flexibility index (Phi) is 7.11. The summed E-state index contributed by atoms with van der Waals surface area (Å²) in [4.78, 5) is 24.2. The third kappa shape index (κ3) is 5.14. The molecule has 150 valence electrons. The minimum Gasteiger partial charge on any atom is -0.493 e. The Morgan fingerprint density at radius 1 is 1.14 bits per heavy atom. The lowest BCUT2D eigenvalue weighted by Crippen LogP contribution is -3.13. The molecule has 1 N–H and O–H groups in total. The zero-order valence-electron chi connectivity index (χ0n) is 16.6. The first kappa shape index (κ1) is 20.4. The molecular weight excluding hydrogens is 376 g/mol. The van der Waals surface area contributed by atoms with Crippen LogP contribution in [0.25, 0.3) is 0 Å². The fourth-order valence-corrected chi connectivity index (χ4v) is 4.02. The molecule has 8 heteroatoms. The Morgan fingerprint density at radius 2 is 1.79 bits per heavy atom. The number of quaternary nitrogens is 1. The van der Waals surface area contributed by atoms with Crippen molar-refractivity contribution in [3.05, 3.63) is 41.7 Å². The van der Waals surface area contributed by atoms with E-state index in [1.807, 2.05) is 11.0 Å². The molecule has 0 bridgehead atoms. The Hall–Kier alpha value is -2.32. The van der Waals surface area contributed by atoms with Crippen LogP contribution in [0.5, 0.6) is 11.5 Å². The molecule has 1 aliphatic rings. The molecule has 3 rings (SSSR count). The maximum absolute atomic E-state index is 12.5. The van der Waals surface area contributed by atoms with Gasteiger partial charge in [-0.15, -0.1) is 0 Å². The first-order valence-electron chi connectivity index (χ1n) is 9.33. The molecule has 1 aromatic heterocycles. The zero-order chi connectivity index (χ0) is 19.9. The molecule has 0 radical (unpaired) electrons. The molecule has 1 aromatic carbocycles. The predicted octanol–water partition coefficient (Wildman–Crippen LogP) is 0.822. The summed E-state index contributed by atoms with van der Waals surface area (Å²) >= 11 is 1.39. The minimum atomic E-state index is 0.152. The maximum atomic E-state index is 12.5. The average molecular weight is 404 g/mol. The molecule has 0 spiro atoms. The van der Waals surface area contributed by atoms with Gasteiger partial charge in [-0.2, -0.15) is 0 Å². The van der Waals surface area contributed by atoms with E-state index in [0.29, 0.717) is 10.9 Å². The molecular formula is C20H27N4O3S+. The number of hydrogen-bond donors (Lipinski definition) is 1. The second kappa shape index (κ2) is 9.75. The van der Waals surface area contributed by atoms with Crippen LogP contribution in [0.2, 0.25) is 0 Å². The number of rotatable bonds is 7. The highest BCUT2D eigenvalue weighted by molar-refractivity contribution is 7.99. The van der Waals surface area contributed by atoms with Gasteiger partial charge in [-0.25, -0.2) is 9.97 Å². The number of aromatic nitrogens is 2. The van der Waals surface area contributed by atoms with E-state index in [0.717, 1.165) is 44.2 Å². The fraction of sp³-hybridized carbons (Fsp3) is 0.450. The molecule has 0 saturated carbocycles. The standard InChI is InChI=1S/C20H26N4O3S/c1-15-11-17(26-2)18(27-3)12-16(15)13-23-7-9-24(10-8-23)19(25)14-28-20-21-5-4-6-22-20/h4-6,11-12H,7-10,13-14H2,1-3H3/p+1. The Balaban J connectivity index is 1.51. The first-order chi connectivity index (χ1) is 13.6. The summed E-state index contributed by atoms with van der Waals surface area (Å²) in [7, 11) is 3.31. The molecule has 2 aromatic rings. The van der Waals surface area contributed by atoms with Gasteiger partial charge in [0.1, 0.15) is 6.54 Å². The van der Waals surface area contributed by atoms with Crippen molar-refractivity contribution < 1.29 is 19.2 Å². The number of amides is 1. The molecule has 2 heterocycles. The second-order valence-corrected chi connectivity index (χ2v) is 7.70. The van der Waals surface area contributed by atoms with Gasteiger partial charge >= 0.3 is 0 Å². The van der Waals surface area contributed by atoms with Gasteiger partial charge in [0.15, 0.2) is 16.7 Å². The van der Waals surface area contributed by atoms with Gasteiger partial charge < -0.3 is 19.3 Å². The van der Waals surface area contributed by atoms with Crippen molar-refractivity contribution in [2.75, 3.05) is 46.2 Å². The van der Waals surface area contributed by atoms with Crippen LogP contribution in [0.3, 0.4) is 0 Å². The van der Waals surface area contributed by atoms with Crippen molar-refractivity contribution in [2.24, 2.45) is 0 Å². The summed E-state index contributed by atoms with van der Waals surface area (Å²) < 4.78 is 10.8. The molecule has 1 fully saturated rings. The maximum Gasteiger partial charge on any atom is 0.233 e. The smallest absolute Gasteiger partial charge is 0.233 e. The minimum absolute atomic E-state index is 0.152. The highest BCUT2D eigenvalue weighted by atomic mass is 32.2. The van der Waals surface area contributed by atoms with E-state index >= 15 is 0 Å². The van der Waals surface area contributed by atoms with Gasteiger partial charge in [-0.05, 0) is 30.7 Å². The highest BCUT2D eigenvalue weighted by Gasteiger charge is 2.24. The SMILES string of the molecule is COc1cc(C)c(C[NH+]2CCN(C(=O)CSc3ncccn3)CC2)cc1OC. The number of piperazine rings is 1. The van der Waals surface area contributed by atoms with E-state index in [1.54, 1.807) is 32.7 Å². The molecule has 7 nitrogen and oxygen atoms in total. The number of nitrogens with zero attached hydrogens (tertiary/aromatic N) is 3. The summed E-state index contributed by atoms with van der Waals surface area (Å²) in [6.07, 6.45) is 3.39. The summed E-state index contributed by atoms with van der Waals surface area (Å²) in [5.74, 6) is 2.05. The third-order valence-electron chi connectivity index (χ3n) is 4.97. The van der Waals surface area contributed by atoms with E-state index in [1.165, 1.54) is 27.8 Å². The lowest BCUT2D eigenvalue weighted by molar-refractivity contribution is -0.917. The van der Waals surface area contributed by atoms with Crippen molar-refractivity contribution in [1.29, 1.82) is 0 Å². The van der Waals surface area contributed by atoms with Crippen molar-refractivity contribution in [3.63, 3.8) is 0 Å². The van der Waals surface area contributed by atoms with Crippen LogP contribution in [0.1, 0.15) is 11.1 Å². The van der Waals surface area contributed by atoms with E-state index in [2.05, 4.69) is 23.0 Å². The lowest BCUT2D eigenvalue weighted by atomic mass is 10.1. The van der Waals surface area contributed by atoms with Gasteiger partial charge in [0.05, 0.1) is 46.2 Å². The lowest BCUT2D eigenvalue weighted by Gasteiger charge is -2.32. The second-order valence-electron chi connectivity index (χ2n) is 6.76. The topological polar surface area (TPSA) is 69.0 Å². The predicted molar refractivity (Wildman–Crippen MR) is 108 cm³/mol. The largest absolute Gasteiger partial charge is 0.493 e.